The summed E-state index contributed by atoms with van der Waals surface area (Å²) in [7, 11) is 1.39. The van der Waals surface area contributed by atoms with E-state index in [-0.39, 0.29) is 11.8 Å². The van der Waals surface area contributed by atoms with Gasteiger partial charge in [-0.1, -0.05) is 6.58 Å². The molecular weight excluding hydrogens is 416 g/mol. The van der Waals surface area contributed by atoms with Gasteiger partial charge < -0.3 is 20.4 Å². The number of rotatable bonds is 6. The molecule has 0 bridgehead atoms. The number of nitrogens with one attached hydrogen (secondary N) is 1. The molecule has 0 atom stereocenters. The van der Waals surface area contributed by atoms with Gasteiger partial charge in [0.2, 0.25) is 0 Å². The lowest BCUT2D eigenvalue weighted by atomic mass is 10.2. The van der Waals surface area contributed by atoms with Crippen LogP contribution in [0.4, 0.5) is 32.0 Å². The molecule has 2 aromatic rings. The lowest BCUT2D eigenvalue weighted by Crippen LogP contribution is -2.27. The predicted molar refractivity (Wildman–Crippen MR) is 99.4 cm³/mol. The first-order chi connectivity index (χ1) is 13.8. The summed E-state index contributed by atoms with van der Waals surface area (Å²) in [6, 6.07) is 4.56. The highest BCUT2D eigenvalue weighted by Gasteiger charge is 2.38. The van der Waals surface area contributed by atoms with Gasteiger partial charge in [-0.15, -0.1) is 0 Å². The van der Waals surface area contributed by atoms with Gasteiger partial charge in [-0.2, -0.15) is 26.3 Å². The molecular formula is C18H17F6N5O. The Labute approximate surface area is 167 Å². The van der Waals surface area contributed by atoms with Crippen molar-refractivity contribution < 1.29 is 31.1 Å². The fraction of sp³-hybridized carbons (Fsp3) is 0.222. The van der Waals surface area contributed by atoms with E-state index in [1.165, 1.54) is 19.2 Å². The summed E-state index contributed by atoms with van der Waals surface area (Å²) in [6.45, 7) is 5.10. The van der Waals surface area contributed by atoms with Crippen LogP contribution >= 0.6 is 0 Å². The van der Waals surface area contributed by atoms with Gasteiger partial charge >= 0.3 is 12.4 Å². The van der Waals surface area contributed by atoms with Gasteiger partial charge in [0.25, 0.3) is 0 Å². The van der Waals surface area contributed by atoms with Crippen LogP contribution in [0.25, 0.3) is 5.69 Å². The molecule has 30 heavy (non-hydrogen) atoms. The topological polar surface area (TPSA) is 77.5 Å². The first kappa shape index (κ1) is 22.8. The second kappa shape index (κ2) is 8.51. The van der Waals surface area contributed by atoms with E-state index in [1.807, 2.05) is 0 Å². The number of nitrogens with two attached hydrogens (primary N) is 1. The number of aryl methyl sites for hydroxylation is 1. The number of benzene rings is 1. The van der Waals surface area contributed by atoms with Crippen LogP contribution < -0.4 is 15.8 Å². The Morgan fingerprint density at radius 3 is 2.40 bits per heavy atom. The third-order valence-electron chi connectivity index (χ3n) is 3.62. The summed E-state index contributed by atoms with van der Waals surface area (Å²) in [6.07, 6.45) is -7.31. The number of hydrogen-bond donors (Lipinski definition) is 2. The van der Waals surface area contributed by atoms with E-state index >= 15 is 0 Å². The van der Waals surface area contributed by atoms with Gasteiger partial charge in [0, 0.05) is 18.0 Å². The number of halogens is 6. The van der Waals surface area contributed by atoms with Gasteiger partial charge in [-0.25, -0.2) is 9.98 Å². The minimum Gasteiger partial charge on any atom is -0.494 e. The Morgan fingerprint density at radius 2 is 1.90 bits per heavy atom. The molecule has 1 heterocycles. The van der Waals surface area contributed by atoms with E-state index in [2.05, 4.69) is 27.6 Å². The zero-order chi connectivity index (χ0) is 22.7. The largest absolute Gasteiger partial charge is 0.494 e. The lowest BCUT2D eigenvalue weighted by Gasteiger charge is -2.14. The number of alkyl halides is 6. The van der Waals surface area contributed by atoms with Crippen molar-refractivity contribution in [2.24, 2.45) is 10.7 Å². The molecule has 1 aromatic carbocycles. The van der Waals surface area contributed by atoms with Gasteiger partial charge in [0.1, 0.15) is 23.0 Å². The van der Waals surface area contributed by atoms with E-state index in [1.54, 1.807) is 30.1 Å². The van der Waals surface area contributed by atoms with Gasteiger partial charge in [-0.3, -0.25) is 0 Å². The molecule has 3 N–H and O–H groups in total. The third-order valence-corrected chi connectivity index (χ3v) is 3.62. The molecule has 6 nitrogen and oxygen atoms in total. The molecule has 0 saturated heterocycles. The molecule has 0 spiro atoms. The van der Waals surface area contributed by atoms with Crippen molar-refractivity contribution in [2.75, 3.05) is 12.4 Å². The predicted octanol–water partition coefficient (Wildman–Crippen LogP) is 4.48. The van der Waals surface area contributed by atoms with Crippen LogP contribution in [0.3, 0.4) is 0 Å². The maximum absolute atomic E-state index is 13.0. The highest BCUT2D eigenvalue weighted by Crippen LogP contribution is 2.29. The number of aromatic nitrogens is 2. The summed E-state index contributed by atoms with van der Waals surface area (Å²) in [5, 5.41) is 2.48. The quantitative estimate of drug-likeness (QED) is 0.520. The number of ether oxygens (including phenoxy) is 1. The average molecular weight is 433 g/mol. The van der Waals surface area contributed by atoms with Crippen molar-refractivity contribution in [3.63, 3.8) is 0 Å². The van der Waals surface area contributed by atoms with Crippen molar-refractivity contribution in [3.8, 4) is 11.4 Å². The van der Waals surface area contributed by atoms with Crippen LogP contribution in [0.2, 0.25) is 0 Å². The monoisotopic (exact) mass is 433 g/mol. The third kappa shape index (κ3) is 5.78. The fourth-order valence-corrected chi connectivity index (χ4v) is 2.27. The fourth-order valence-electron chi connectivity index (χ4n) is 2.27. The van der Waals surface area contributed by atoms with Crippen molar-refractivity contribution in [3.05, 3.63) is 60.6 Å². The van der Waals surface area contributed by atoms with Crippen molar-refractivity contribution in [1.29, 1.82) is 0 Å². The molecule has 0 radical (unpaired) electrons. The Morgan fingerprint density at radius 1 is 1.23 bits per heavy atom. The van der Waals surface area contributed by atoms with Crippen LogP contribution in [0.5, 0.6) is 5.75 Å². The summed E-state index contributed by atoms with van der Waals surface area (Å²) in [4.78, 5) is 7.20. The van der Waals surface area contributed by atoms with Gasteiger partial charge in [0.15, 0.2) is 0 Å². The standard InChI is InChI=1S/C18H17F6N5O/c1-10-8-29(9-26-10)13-5-4-12(6-14(13)30-3)27-11(2)28-16(18(22,23)24)7-15(25)17(19,20)21/h4-9,27H,2,25H2,1,3H3/b15-7-,28-16?. The maximum Gasteiger partial charge on any atom is 0.433 e. The zero-order valence-corrected chi connectivity index (χ0v) is 15.8. The first-order valence-electron chi connectivity index (χ1n) is 8.16. The lowest BCUT2D eigenvalue weighted by molar-refractivity contribution is -0.0928. The molecule has 0 aliphatic carbocycles. The van der Waals surface area contributed by atoms with Crippen LogP contribution in [-0.4, -0.2) is 34.7 Å². The van der Waals surface area contributed by atoms with E-state index < -0.39 is 29.6 Å². The normalized spacial score (nSPS) is 13.3. The average Bonchev–Trinajstić information content (AvgIpc) is 3.05. The number of aliphatic imine (C=N–C) groups is 1. The van der Waals surface area contributed by atoms with Crippen LogP contribution in [0.1, 0.15) is 5.69 Å². The molecule has 1 aromatic heterocycles. The minimum atomic E-state index is -5.18. The molecule has 0 amide bonds. The summed E-state index contributed by atoms with van der Waals surface area (Å²) in [5.41, 5.74) is 2.49. The van der Waals surface area contributed by atoms with Crippen LogP contribution in [0, 0.1) is 6.92 Å². The SMILES string of the molecule is C=C(N=C(/C=C(\N)C(F)(F)F)C(F)(F)F)Nc1ccc(-n2cnc(C)c2)c(OC)c1. The van der Waals surface area contributed by atoms with E-state index in [0.29, 0.717) is 11.4 Å². The first-order valence-corrected chi connectivity index (χ1v) is 8.16. The number of hydrogen-bond acceptors (Lipinski definition) is 5. The number of imidazole rings is 1. The van der Waals surface area contributed by atoms with E-state index in [4.69, 9.17) is 4.74 Å². The molecule has 0 saturated carbocycles. The van der Waals surface area contributed by atoms with Gasteiger partial charge in [-0.05, 0) is 25.1 Å². The molecule has 2 rings (SSSR count). The summed E-state index contributed by atoms with van der Waals surface area (Å²) < 4.78 is 83.5. The number of nitrogens with zero attached hydrogens (tertiary/aromatic N) is 3. The van der Waals surface area contributed by atoms with Gasteiger partial charge in [0.05, 0.1) is 24.8 Å². The number of allylic oxidation sites excluding steroid dienone is 2. The number of methoxy groups -OCH3 is 1. The number of anilines is 1. The molecule has 0 fully saturated rings. The minimum absolute atomic E-state index is 0.246. The highest BCUT2D eigenvalue weighted by molar-refractivity contribution is 6.00. The smallest absolute Gasteiger partial charge is 0.433 e. The van der Waals surface area contributed by atoms with E-state index in [0.717, 1.165) is 5.69 Å². The zero-order valence-electron chi connectivity index (χ0n) is 15.8. The Bertz CT molecular complexity index is 988. The summed E-state index contributed by atoms with van der Waals surface area (Å²) >= 11 is 0. The Balaban J connectivity index is 2.31. The van der Waals surface area contributed by atoms with Crippen LogP contribution in [0.15, 0.2) is 59.9 Å². The highest BCUT2D eigenvalue weighted by atomic mass is 19.4. The van der Waals surface area contributed by atoms with Crippen molar-refractivity contribution in [1.82, 2.24) is 9.55 Å². The van der Waals surface area contributed by atoms with Crippen LogP contribution in [-0.2, 0) is 0 Å². The molecule has 12 heteroatoms. The Hall–Kier alpha value is -3.44. The second-order valence-electron chi connectivity index (χ2n) is 5.97. The molecule has 0 unspecified atom stereocenters. The summed E-state index contributed by atoms with van der Waals surface area (Å²) in [5.74, 6) is -0.201. The Kier molecular flexibility index (Phi) is 6.48. The second-order valence-corrected chi connectivity index (χ2v) is 5.97. The molecule has 162 valence electrons. The van der Waals surface area contributed by atoms with Crippen molar-refractivity contribution in [2.45, 2.75) is 19.3 Å². The maximum atomic E-state index is 13.0. The van der Waals surface area contributed by atoms with E-state index in [9.17, 15) is 26.3 Å². The molecule has 0 aliphatic heterocycles. The van der Waals surface area contributed by atoms with Crippen molar-refractivity contribution >= 4 is 11.4 Å². The molecule has 0 aliphatic rings.